The summed E-state index contributed by atoms with van der Waals surface area (Å²) in [6.07, 6.45) is 8.03. The first kappa shape index (κ1) is 16.6. The van der Waals surface area contributed by atoms with Crippen molar-refractivity contribution in [3.63, 3.8) is 0 Å². The third-order valence-electron chi connectivity index (χ3n) is 4.33. The van der Waals surface area contributed by atoms with Gasteiger partial charge in [-0.2, -0.15) is 4.98 Å². The highest BCUT2D eigenvalue weighted by Crippen LogP contribution is 2.23. The predicted octanol–water partition coefficient (Wildman–Crippen LogP) is 4.42. The lowest BCUT2D eigenvalue weighted by Crippen LogP contribution is -2.29. The summed E-state index contributed by atoms with van der Waals surface area (Å²) in [7, 11) is 0. The first-order valence-corrected chi connectivity index (χ1v) is 9.04. The van der Waals surface area contributed by atoms with Crippen LogP contribution in [-0.2, 0) is 0 Å². The summed E-state index contributed by atoms with van der Waals surface area (Å²) in [6, 6.07) is 10.5. The molecule has 24 heavy (non-hydrogen) atoms. The third-order valence-corrected chi connectivity index (χ3v) is 4.33. The van der Waals surface area contributed by atoms with E-state index in [2.05, 4.69) is 56.7 Å². The monoisotopic (exact) mass is 325 g/mol. The van der Waals surface area contributed by atoms with E-state index in [-0.39, 0.29) is 0 Å². The fraction of sp³-hybridized carbons (Fsp3) is 0.474. The smallest absolute Gasteiger partial charge is 0.224 e. The van der Waals surface area contributed by atoms with Crippen LogP contribution in [-0.4, -0.2) is 29.6 Å². The number of anilines is 4. The first-order valence-electron chi connectivity index (χ1n) is 9.04. The average molecular weight is 325 g/mol. The van der Waals surface area contributed by atoms with E-state index in [0.29, 0.717) is 5.95 Å². The van der Waals surface area contributed by atoms with Gasteiger partial charge in [-0.25, -0.2) is 4.98 Å². The van der Waals surface area contributed by atoms with Gasteiger partial charge in [0.05, 0.1) is 0 Å². The van der Waals surface area contributed by atoms with Crippen LogP contribution in [0.15, 0.2) is 36.5 Å². The summed E-state index contributed by atoms with van der Waals surface area (Å²) < 4.78 is 0. The molecule has 0 unspecified atom stereocenters. The summed E-state index contributed by atoms with van der Waals surface area (Å²) >= 11 is 0. The van der Waals surface area contributed by atoms with Crippen LogP contribution in [0.25, 0.3) is 0 Å². The van der Waals surface area contributed by atoms with Crippen molar-refractivity contribution in [2.45, 2.75) is 39.0 Å². The van der Waals surface area contributed by atoms with Gasteiger partial charge in [0.25, 0.3) is 0 Å². The first-order chi connectivity index (χ1) is 11.8. The van der Waals surface area contributed by atoms with Crippen molar-refractivity contribution < 1.29 is 0 Å². The molecule has 2 heterocycles. The number of nitrogens with one attached hydrogen (secondary N) is 2. The number of hydrogen-bond donors (Lipinski definition) is 2. The van der Waals surface area contributed by atoms with Crippen molar-refractivity contribution >= 4 is 23.1 Å². The maximum absolute atomic E-state index is 4.51. The molecule has 2 N–H and O–H groups in total. The number of piperidine rings is 1. The Kier molecular flexibility index (Phi) is 5.88. The zero-order valence-electron chi connectivity index (χ0n) is 14.5. The highest BCUT2D eigenvalue weighted by Gasteiger charge is 2.10. The second-order valence-corrected chi connectivity index (χ2v) is 6.27. The minimum absolute atomic E-state index is 0.679. The van der Waals surface area contributed by atoms with E-state index >= 15 is 0 Å². The molecular formula is C19H27N5. The van der Waals surface area contributed by atoms with E-state index in [4.69, 9.17) is 0 Å². The largest absolute Gasteiger partial charge is 0.372 e. The maximum Gasteiger partial charge on any atom is 0.224 e. The maximum atomic E-state index is 4.51. The van der Waals surface area contributed by atoms with Gasteiger partial charge >= 0.3 is 0 Å². The van der Waals surface area contributed by atoms with E-state index < -0.39 is 0 Å². The van der Waals surface area contributed by atoms with Crippen molar-refractivity contribution in [3.8, 4) is 0 Å². The van der Waals surface area contributed by atoms with Gasteiger partial charge in [-0.15, -0.1) is 0 Å². The van der Waals surface area contributed by atoms with Gasteiger partial charge in [0, 0.05) is 37.2 Å². The lowest BCUT2D eigenvalue weighted by Gasteiger charge is -2.28. The van der Waals surface area contributed by atoms with Crippen LogP contribution in [0.1, 0.15) is 39.0 Å². The number of aromatic nitrogens is 2. The summed E-state index contributed by atoms with van der Waals surface area (Å²) in [6.45, 7) is 5.43. The van der Waals surface area contributed by atoms with Gasteiger partial charge in [0.2, 0.25) is 5.95 Å². The number of nitrogens with zero attached hydrogens (tertiary/aromatic N) is 3. The Morgan fingerprint density at radius 2 is 1.83 bits per heavy atom. The summed E-state index contributed by atoms with van der Waals surface area (Å²) in [5.74, 6) is 1.49. The second-order valence-electron chi connectivity index (χ2n) is 6.27. The van der Waals surface area contributed by atoms with Crippen molar-refractivity contribution in [3.05, 3.63) is 36.5 Å². The van der Waals surface area contributed by atoms with Crippen molar-refractivity contribution in [2.24, 2.45) is 0 Å². The third kappa shape index (κ3) is 4.60. The van der Waals surface area contributed by atoms with Crippen LogP contribution in [0.4, 0.5) is 23.1 Å². The number of rotatable bonds is 7. The molecule has 0 radical (unpaired) electrons. The summed E-state index contributed by atoms with van der Waals surface area (Å²) in [5.41, 5.74) is 2.36. The van der Waals surface area contributed by atoms with Gasteiger partial charge < -0.3 is 15.5 Å². The number of hydrogen-bond acceptors (Lipinski definition) is 5. The van der Waals surface area contributed by atoms with Crippen molar-refractivity contribution in [2.75, 3.05) is 35.2 Å². The number of benzene rings is 1. The fourth-order valence-electron chi connectivity index (χ4n) is 2.95. The summed E-state index contributed by atoms with van der Waals surface area (Å²) in [4.78, 5) is 11.2. The van der Waals surface area contributed by atoms with Crippen LogP contribution in [0, 0.1) is 0 Å². The van der Waals surface area contributed by atoms with E-state index in [0.717, 1.165) is 30.9 Å². The lowest BCUT2D eigenvalue weighted by molar-refractivity contribution is 0.578. The standard InChI is InChI=1S/C19H27N5/c1-2-3-12-20-19-21-13-11-18(23-19)22-16-7-9-17(10-8-16)24-14-5-4-6-15-24/h7-11,13H,2-6,12,14-15H2,1H3,(H2,20,21,22,23). The molecule has 5 heteroatoms. The second kappa shape index (κ2) is 8.52. The van der Waals surface area contributed by atoms with Crippen LogP contribution >= 0.6 is 0 Å². The molecular weight excluding hydrogens is 298 g/mol. The molecule has 5 nitrogen and oxygen atoms in total. The minimum Gasteiger partial charge on any atom is -0.372 e. The highest BCUT2D eigenvalue weighted by molar-refractivity contribution is 5.61. The molecule has 1 aliphatic rings. The molecule has 1 saturated heterocycles. The molecule has 128 valence electrons. The molecule has 2 aromatic rings. The molecule has 0 bridgehead atoms. The molecule has 1 aromatic heterocycles. The van der Waals surface area contributed by atoms with Crippen LogP contribution in [0.5, 0.6) is 0 Å². The molecule has 1 fully saturated rings. The Bertz CT molecular complexity index is 620. The average Bonchev–Trinajstić information content (AvgIpc) is 2.64. The Morgan fingerprint density at radius 1 is 1.04 bits per heavy atom. The van der Waals surface area contributed by atoms with Gasteiger partial charge in [-0.1, -0.05) is 13.3 Å². The normalized spacial score (nSPS) is 14.5. The molecule has 0 amide bonds. The van der Waals surface area contributed by atoms with Gasteiger partial charge in [0.15, 0.2) is 0 Å². The van der Waals surface area contributed by atoms with Crippen LogP contribution < -0.4 is 15.5 Å². The quantitative estimate of drug-likeness (QED) is 0.738. The SMILES string of the molecule is CCCCNc1nccc(Nc2ccc(N3CCCCC3)cc2)n1. The molecule has 0 atom stereocenters. The molecule has 1 aromatic carbocycles. The molecule has 0 spiro atoms. The molecule has 0 saturated carbocycles. The van der Waals surface area contributed by atoms with Crippen molar-refractivity contribution in [1.82, 2.24) is 9.97 Å². The van der Waals surface area contributed by atoms with E-state index in [1.807, 2.05) is 6.07 Å². The summed E-state index contributed by atoms with van der Waals surface area (Å²) in [5, 5.41) is 6.61. The Balaban J connectivity index is 1.60. The molecule has 3 rings (SSSR count). The molecule has 0 aliphatic carbocycles. The lowest BCUT2D eigenvalue weighted by atomic mass is 10.1. The topological polar surface area (TPSA) is 53.1 Å². The fourth-order valence-corrected chi connectivity index (χ4v) is 2.95. The van der Waals surface area contributed by atoms with Gasteiger partial charge in [-0.05, 0) is 56.0 Å². The van der Waals surface area contributed by atoms with Crippen LogP contribution in [0.2, 0.25) is 0 Å². The Labute approximate surface area is 144 Å². The highest BCUT2D eigenvalue weighted by atomic mass is 15.1. The predicted molar refractivity (Wildman–Crippen MR) is 101 cm³/mol. The van der Waals surface area contributed by atoms with E-state index in [1.165, 1.54) is 38.0 Å². The number of unbranched alkanes of at least 4 members (excludes halogenated alkanes) is 1. The zero-order valence-corrected chi connectivity index (χ0v) is 14.5. The van der Waals surface area contributed by atoms with E-state index in [9.17, 15) is 0 Å². The minimum atomic E-state index is 0.679. The van der Waals surface area contributed by atoms with Crippen LogP contribution in [0.3, 0.4) is 0 Å². The van der Waals surface area contributed by atoms with Crippen molar-refractivity contribution in [1.29, 1.82) is 0 Å². The Hall–Kier alpha value is -2.30. The van der Waals surface area contributed by atoms with E-state index in [1.54, 1.807) is 6.20 Å². The van der Waals surface area contributed by atoms with Gasteiger partial charge in [-0.3, -0.25) is 0 Å². The Morgan fingerprint density at radius 3 is 2.58 bits per heavy atom. The zero-order chi connectivity index (χ0) is 16.6. The molecule has 1 aliphatic heterocycles. The van der Waals surface area contributed by atoms with Gasteiger partial charge in [0.1, 0.15) is 5.82 Å².